The van der Waals surface area contributed by atoms with E-state index < -0.39 is 69.4 Å². The van der Waals surface area contributed by atoms with E-state index in [4.69, 9.17) is 95.2 Å². The molecule has 0 unspecified atom stereocenters. The number of fused-ring (bicyclic) bond motifs is 1. The van der Waals surface area contributed by atoms with Gasteiger partial charge in [0.2, 0.25) is 11.8 Å². The van der Waals surface area contributed by atoms with E-state index in [1.165, 1.54) is 7.11 Å². The summed E-state index contributed by atoms with van der Waals surface area (Å²) in [6, 6.07) is 49.0. The van der Waals surface area contributed by atoms with Crippen LogP contribution >= 0.6 is 0 Å². The van der Waals surface area contributed by atoms with Crippen LogP contribution in [-0.4, -0.2) is 161 Å². The predicted octanol–water partition coefficient (Wildman–Crippen LogP) is 11.7. The SMILES string of the molecule is COc1ccc(COC[C@H]2O[C@H](Nc3nc(OC)c4c(C#N)cn(COCC[Si](C)(C)C)c4n3)[C@H](OCc3ccc(OC)cc3)[C@@H](OCc3ccc(OC)cc3)[C@@H]2O[C@@H]2O[C@H](COCc3ccc(OC)cc3)[C@@H](OC)[C@H](OCc3ccc(OC)cc3)[C@H]2OCc2ccc(OC)cc2)cc1. The van der Waals surface area contributed by atoms with Gasteiger partial charge in [0.1, 0.15) is 96.1 Å². The maximum Gasteiger partial charge on any atom is 0.230 e. The van der Waals surface area contributed by atoms with Crippen molar-refractivity contribution >= 4 is 25.1 Å². The molecule has 8 aromatic rings. The van der Waals surface area contributed by atoms with Crippen LogP contribution in [0.2, 0.25) is 25.7 Å². The van der Waals surface area contributed by atoms with E-state index in [1.54, 1.807) is 60.5 Å². The van der Waals surface area contributed by atoms with E-state index in [1.807, 2.05) is 146 Å². The van der Waals surface area contributed by atoms with Gasteiger partial charge in [-0.3, -0.25) is 0 Å². The van der Waals surface area contributed by atoms with Crippen LogP contribution in [0.3, 0.4) is 0 Å². The first-order chi connectivity index (χ1) is 48.2. The molecule has 2 saturated heterocycles. The lowest BCUT2D eigenvalue weighted by atomic mass is 9.95. The van der Waals surface area contributed by atoms with Gasteiger partial charge >= 0.3 is 0 Å². The zero-order valence-corrected chi connectivity index (χ0v) is 59.1. The van der Waals surface area contributed by atoms with Gasteiger partial charge in [0.05, 0.1) is 114 Å². The molecule has 0 bridgehead atoms. The zero-order valence-electron chi connectivity index (χ0n) is 58.1. The van der Waals surface area contributed by atoms with Crippen LogP contribution in [-0.2, 0) is 98.5 Å². The third kappa shape index (κ3) is 20.0. The molecule has 23 nitrogen and oxygen atoms in total. The topological polar surface area (TPSA) is 233 Å². The Morgan fingerprint density at radius 2 is 0.848 bits per heavy atom. The summed E-state index contributed by atoms with van der Waals surface area (Å²) in [5.74, 6) is 4.35. The van der Waals surface area contributed by atoms with Gasteiger partial charge in [-0.25, -0.2) is 0 Å². The van der Waals surface area contributed by atoms with Crippen LogP contribution < -0.4 is 38.5 Å². The third-order valence-electron chi connectivity index (χ3n) is 17.1. The molecule has 0 spiro atoms. The summed E-state index contributed by atoms with van der Waals surface area (Å²) in [4.78, 5) is 10.0. The maximum absolute atomic E-state index is 10.5. The molecule has 1 N–H and O–H groups in total. The van der Waals surface area contributed by atoms with Crippen molar-refractivity contribution in [2.24, 2.45) is 0 Å². The van der Waals surface area contributed by atoms with Crippen LogP contribution in [0.5, 0.6) is 40.4 Å². The molecule has 2 aromatic heterocycles. The van der Waals surface area contributed by atoms with Crippen LogP contribution in [0.15, 0.2) is 152 Å². The Morgan fingerprint density at radius 1 is 0.455 bits per heavy atom. The fraction of sp³-hybridized carbons (Fsp3) is 0.427. The van der Waals surface area contributed by atoms with Crippen molar-refractivity contribution in [3.05, 3.63) is 191 Å². The highest BCUT2D eigenvalue weighted by Gasteiger charge is 2.54. The second-order valence-electron chi connectivity index (χ2n) is 25.0. The van der Waals surface area contributed by atoms with Crippen LogP contribution in [0.4, 0.5) is 5.95 Å². The lowest BCUT2D eigenvalue weighted by Crippen LogP contribution is -2.67. The Bertz CT molecular complexity index is 3780. The van der Waals surface area contributed by atoms with Crippen LogP contribution in [0.1, 0.15) is 38.9 Å². The molecule has 0 radical (unpaired) electrons. The molecule has 0 aliphatic carbocycles. The summed E-state index contributed by atoms with van der Waals surface area (Å²) in [6.07, 6.45) is -8.57. The van der Waals surface area contributed by atoms with E-state index in [0.717, 1.165) is 45.2 Å². The highest BCUT2D eigenvalue weighted by molar-refractivity contribution is 6.76. The number of hydrogen-bond acceptors (Lipinski definition) is 22. The van der Waals surface area contributed by atoms with Gasteiger partial charge in [0, 0.05) is 28.0 Å². The molecule has 10 atom stereocenters. The quantitative estimate of drug-likeness (QED) is 0.0282. The van der Waals surface area contributed by atoms with Crippen LogP contribution in [0, 0.1) is 11.3 Å². The molecule has 0 amide bonds. The van der Waals surface area contributed by atoms with Crippen molar-refractivity contribution in [2.45, 2.75) is 133 Å². The van der Waals surface area contributed by atoms with Gasteiger partial charge in [-0.1, -0.05) is 92.4 Å². The lowest BCUT2D eigenvalue weighted by Gasteiger charge is -2.50. The second-order valence-corrected chi connectivity index (χ2v) is 30.7. The zero-order chi connectivity index (χ0) is 69.7. The minimum Gasteiger partial charge on any atom is -0.497 e. The van der Waals surface area contributed by atoms with E-state index in [2.05, 4.69) is 31.0 Å². The van der Waals surface area contributed by atoms with Crippen molar-refractivity contribution in [1.29, 1.82) is 5.26 Å². The van der Waals surface area contributed by atoms with E-state index >= 15 is 0 Å². The highest BCUT2D eigenvalue weighted by Crippen LogP contribution is 2.38. The summed E-state index contributed by atoms with van der Waals surface area (Å²) in [5.41, 5.74) is 5.79. The Kier molecular flexibility index (Phi) is 26.7. The van der Waals surface area contributed by atoms with Crippen molar-refractivity contribution in [1.82, 2.24) is 14.5 Å². The predicted molar refractivity (Wildman–Crippen MR) is 371 cm³/mol. The Hall–Kier alpha value is -8.39. The van der Waals surface area contributed by atoms with E-state index in [0.29, 0.717) is 52.0 Å². The molecule has 2 aliphatic rings. The smallest absolute Gasteiger partial charge is 0.230 e. The fourth-order valence-electron chi connectivity index (χ4n) is 11.5. The summed E-state index contributed by atoms with van der Waals surface area (Å²) in [5, 5.41) is 14.4. The first-order valence-electron chi connectivity index (χ1n) is 32.8. The molecule has 6 aromatic carbocycles. The number of nitrogens with one attached hydrogen (secondary N) is 1. The van der Waals surface area contributed by atoms with Gasteiger partial charge < -0.3 is 95.1 Å². The second kappa shape index (κ2) is 36.1. The average Bonchev–Trinajstić information content (AvgIpc) is 1.77. The van der Waals surface area contributed by atoms with Gasteiger partial charge in [-0.05, 0) is 112 Å². The van der Waals surface area contributed by atoms with Crippen molar-refractivity contribution < 1.29 is 85.3 Å². The monoisotopic (exact) mass is 1380 g/mol. The highest BCUT2D eigenvalue weighted by atomic mass is 28.3. The molecule has 0 saturated carbocycles. The summed E-state index contributed by atoms with van der Waals surface area (Å²) >= 11 is 0. The number of rotatable bonds is 37. The molecule has 2 fully saturated rings. The number of ether oxygens (including phenoxy) is 18. The van der Waals surface area contributed by atoms with Crippen LogP contribution in [0.25, 0.3) is 11.0 Å². The van der Waals surface area contributed by atoms with Crippen molar-refractivity contribution in [3.63, 3.8) is 0 Å². The lowest BCUT2D eigenvalue weighted by molar-refractivity contribution is -0.360. The van der Waals surface area contributed by atoms with Gasteiger partial charge in [-0.15, -0.1) is 0 Å². The molecule has 99 heavy (non-hydrogen) atoms. The standard InChI is InChI=1S/C75H91N5O18Si/c1-81-56-24-12-49(13-25-56)40-90-46-62-65(87-7)67(92-42-51-16-28-58(83-3)29-17-51)70(95-45-54-22-34-61(86-6)35-23-54)74(97-62)98-66-63(47-91-41-50-14-26-57(82-2)27-15-50)96-73(79-75-77-71-64(72(78-75)88-8)55(38-76)39-80(71)48-89-36-37-99(9,10)11)69(94-44-53-20-32-60(85-5)33-21-53)68(66)93-43-52-18-30-59(84-4)31-19-52/h12-35,39,62-63,65-70,73-74H,36-37,40-48H2,1-11H3,(H,77,78,79)/t62-,63-,65-,66-,67+,68+,69-,70-,73+,74+/m1/s1. The van der Waals surface area contributed by atoms with Crippen molar-refractivity contribution in [3.8, 4) is 46.4 Å². The van der Waals surface area contributed by atoms with Gasteiger partial charge in [-0.2, -0.15) is 15.2 Å². The van der Waals surface area contributed by atoms with Crippen molar-refractivity contribution in [2.75, 3.05) is 82.0 Å². The molecular weight excluding hydrogens is 1290 g/mol. The number of anilines is 1. The number of methoxy groups -OCH3 is 8. The first kappa shape index (κ1) is 73.3. The normalized spacial score (nSPS) is 20.8. The minimum absolute atomic E-state index is 0.0300. The molecule has 528 valence electrons. The Labute approximate surface area is 580 Å². The number of hydrogen-bond donors (Lipinski definition) is 1. The summed E-state index contributed by atoms with van der Waals surface area (Å²) in [7, 11) is 11.4. The number of nitrogens with zero attached hydrogens (tertiary/aromatic N) is 4. The largest absolute Gasteiger partial charge is 0.497 e. The number of aromatic nitrogens is 3. The third-order valence-corrected chi connectivity index (χ3v) is 18.8. The van der Waals surface area contributed by atoms with Gasteiger partial charge in [0.25, 0.3) is 0 Å². The fourth-order valence-corrected chi connectivity index (χ4v) is 12.3. The molecule has 10 rings (SSSR count). The van der Waals surface area contributed by atoms with E-state index in [-0.39, 0.29) is 71.4 Å². The Balaban J connectivity index is 1.10. The van der Waals surface area contributed by atoms with E-state index in [9.17, 15) is 5.26 Å². The van der Waals surface area contributed by atoms with Gasteiger partial charge in [0.15, 0.2) is 18.2 Å². The molecule has 2 aliphatic heterocycles. The minimum atomic E-state index is -1.45. The number of nitriles is 1. The molecule has 24 heteroatoms. The average molecular weight is 1380 g/mol. The molecule has 4 heterocycles. The molecular formula is C75H91N5O18Si. The maximum atomic E-state index is 10.5. The first-order valence-corrected chi connectivity index (χ1v) is 36.5. The Morgan fingerprint density at radius 3 is 1.24 bits per heavy atom. The number of benzene rings is 6. The summed E-state index contributed by atoms with van der Waals surface area (Å²) < 4.78 is 118. The summed E-state index contributed by atoms with van der Waals surface area (Å²) in [6.45, 7) is 8.18.